The van der Waals surface area contributed by atoms with Crippen LogP contribution in [0.3, 0.4) is 0 Å². The normalized spacial score (nSPS) is 15.1. The van der Waals surface area contributed by atoms with E-state index < -0.39 is 14.9 Å². The van der Waals surface area contributed by atoms with Crippen molar-refractivity contribution in [3.8, 4) is 0 Å². The van der Waals surface area contributed by atoms with Gasteiger partial charge in [0.25, 0.3) is 5.69 Å². The number of aliphatic imine (C=N–C) groups is 1. The Bertz CT molecular complexity index is 882. The molecule has 1 aliphatic rings. The summed E-state index contributed by atoms with van der Waals surface area (Å²) >= 11 is 0. The van der Waals surface area contributed by atoms with E-state index in [1.54, 1.807) is 18.9 Å². The Balaban J connectivity index is 1.82. The molecular formula is C17H26N6O6S. The molecule has 0 radical (unpaired) electrons. The molecule has 2 N–H and O–H groups in total. The quantitative estimate of drug-likeness (QED) is 0.200. The van der Waals surface area contributed by atoms with Crippen molar-refractivity contribution in [1.82, 2.24) is 19.8 Å². The number of nitrogens with zero attached hydrogens (tertiary/aromatic N) is 4. The number of ether oxygens (including phenoxy) is 1. The molecule has 0 aromatic heterocycles. The predicted molar refractivity (Wildman–Crippen MR) is 110 cm³/mol. The van der Waals surface area contributed by atoms with E-state index in [4.69, 9.17) is 4.74 Å². The molecule has 0 atom stereocenters. The molecular weight excluding hydrogens is 416 g/mol. The molecule has 1 saturated heterocycles. The summed E-state index contributed by atoms with van der Waals surface area (Å²) in [6.07, 6.45) is -0.337. The van der Waals surface area contributed by atoms with Crippen LogP contribution >= 0.6 is 0 Å². The molecule has 1 heterocycles. The van der Waals surface area contributed by atoms with Gasteiger partial charge in [0.2, 0.25) is 10.0 Å². The fraction of sp³-hybridized carbons (Fsp3) is 0.529. The molecule has 2 rings (SSSR count). The Kier molecular flexibility index (Phi) is 8.35. The number of piperazine rings is 1. The molecule has 0 unspecified atom stereocenters. The van der Waals surface area contributed by atoms with Gasteiger partial charge in [0.05, 0.1) is 16.4 Å². The molecule has 1 fully saturated rings. The molecule has 0 aliphatic carbocycles. The van der Waals surface area contributed by atoms with Crippen LogP contribution in [0.4, 0.5) is 10.5 Å². The molecule has 12 nitrogen and oxygen atoms in total. The predicted octanol–water partition coefficient (Wildman–Crippen LogP) is 0.223. The number of amides is 1. The number of carbonyl (C=O) groups is 1. The van der Waals surface area contributed by atoms with Crippen molar-refractivity contribution in [2.45, 2.75) is 11.8 Å². The van der Waals surface area contributed by atoms with Gasteiger partial charge in [-0.3, -0.25) is 15.1 Å². The lowest BCUT2D eigenvalue weighted by atomic mass is 10.3. The monoisotopic (exact) mass is 442 g/mol. The summed E-state index contributed by atoms with van der Waals surface area (Å²) in [5.74, 6) is 0.591. The first kappa shape index (κ1) is 23.3. The van der Waals surface area contributed by atoms with Crippen molar-refractivity contribution >= 4 is 27.8 Å². The SMILES string of the molecule is CCOC(=O)N1CCN(C(=NC)NCCNS(=O)(=O)c2cccc([N+](=O)[O-])c2)CC1. The third-order valence-corrected chi connectivity index (χ3v) is 5.81. The van der Waals surface area contributed by atoms with Gasteiger partial charge in [-0.15, -0.1) is 0 Å². The summed E-state index contributed by atoms with van der Waals surface area (Å²) in [6.45, 7) is 4.54. The second-order valence-corrected chi connectivity index (χ2v) is 8.07. The smallest absolute Gasteiger partial charge is 0.409 e. The maximum absolute atomic E-state index is 12.3. The van der Waals surface area contributed by atoms with Gasteiger partial charge in [0.15, 0.2) is 5.96 Å². The topological polar surface area (TPSA) is 146 Å². The van der Waals surface area contributed by atoms with Crippen molar-refractivity contribution < 1.29 is 22.9 Å². The molecule has 1 aromatic carbocycles. The van der Waals surface area contributed by atoms with Gasteiger partial charge in [-0.1, -0.05) is 6.07 Å². The van der Waals surface area contributed by atoms with E-state index in [0.717, 1.165) is 6.07 Å². The van der Waals surface area contributed by atoms with E-state index in [2.05, 4.69) is 15.0 Å². The van der Waals surface area contributed by atoms with E-state index in [9.17, 15) is 23.3 Å². The first-order valence-corrected chi connectivity index (χ1v) is 10.9. The number of nitro groups is 1. The molecule has 1 amide bonds. The van der Waals surface area contributed by atoms with Crippen LogP contribution in [0, 0.1) is 10.1 Å². The van der Waals surface area contributed by atoms with Gasteiger partial charge in [-0.2, -0.15) is 0 Å². The highest BCUT2D eigenvalue weighted by Gasteiger charge is 2.23. The summed E-state index contributed by atoms with van der Waals surface area (Å²) in [5.41, 5.74) is -0.293. The summed E-state index contributed by atoms with van der Waals surface area (Å²) < 4.78 is 32.0. The number of rotatable bonds is 7. The molecule has 0 saturated carbocycles. The van der Waals surface area contributed by atoms with E-state index >= 15 is 0 Å². The highest BCUT2D eigenvalue weighted by molar-refractivity contribution is 7.89. The summed E-state index contributed by atoms with van der Waals surface area (Å²) in [4.78, 5) is 29.5. The Morgan fingerprint density at radius 1 is 1.23 bits per heavy atom. The Labute approximate surface area is 175 Å². The molecule has 30 heavy (non-hydrogen) atoms. The summed E-state index contributed by atoms with van der Waals surface area (Å²) in [6, 6.07) is 4.86. The zero-order valence-corrected chi connectivity index (χ0v) is 17.7. The highest BCUT2D eigenvalue weighted by atomic mass is 32.2. The molecule has 0 spiro atoms. The van der Waals surface area contributed by atoms with Gasteiger partial charge in [-0.05, 0) is 13.0 Å². The van der Waals surface area contributed by atoms with Crippen molar-refractivity contribution in [2.24, 2.45) is 4.99 Å². The fourth-order valence-corrected chi connectivity index (χ4v) is 3.93. The standard InChI is InChI=1S/C17H26N6O6S/c1-3-29-17(24)22-11-9-21(10-12-22)16(18-2)19-7-8-20-30(27,28)15-6-4-5-14(13-15)23(25)26/h4-6,13,20H,3,7-12H2,1-2H3,(H,18,19). The van der Waals surface area contributed by atoms with Gasteiger partial charge in [-0.25, -0.2) is 17.9 Å². The van der Waals surface area contributed by atoms with E-state index in [1.165, 1.54) is 18.2 Å². The number of nitro benzene ring substituents is 1. The Hall–Kier alpha value is -2.93. The lowest BCUT2D eigenvalue weighted by Gasteiger charge is -2.35. The number of sulfonamides is 1. The third kappa shape index (κ3) is 6.29. The average molecular weight is 442 g/mol. The molecule has 1 aliphatic heterocycles. The lowest BCUT2D eigenvalue weighted by Crippen LogP contribution is -2.54. The van der Waals surface area contributed by atoms with Crippen molar-refractivity contribution in [3.05, 3.63) is 34.4 Å². The second-order valence-electron chi connectivity index (χ2n) is 6.30. The van der Waals surface area contributed by atoms with Crippen LogP contribution in [0.2, 0.25) is 0 Å². The van der Waals surface area contributed by atoms with Crippen LogP contribution in [-0.4, -0.2) is 88.1 Å². The van der Waals surface area contributed by atoms with Crippen LogP contribution in [0.15, 0.2) is 34.2 Å². The molecule has 1 aromatic rings. The number of non-ortho nitro benzene ring substituents is 1. The number of hydrogen-bond acceptors (Lipinski definition) is 7. The number of hydrogen-bond donors (Lipinski definition) is 2. The van der Waals surface area contributed by atoms with Crippen LogP contribution in [0.25, 0.3) is 0 Å². The summed E-state index contributed by atoms with van der Waals surface area (Å²) in [5, 5.41) is 13.9. The first-order chi connectivity index (χ1) is 14.3. The lowest BCUT2D eigenvalue weighted by molar-refractivity contribution is -0.385. The number of guanidine groups is 1. The van der Waals surface area contributed by atoms with Crippen LogP contribution < -0.4 is 10.0 Å². The van der Waals surface area contributed by atoms with Crippen LogP contribution in [0.5, 0.6) is 0 Å². The Morgan fingerprint density at radius 3 is 2.50 bits per heavy atom. The first-order valence-electron chi connectivity index (χ1n) is 9.40. The minimum absolute atomic E-state index is 0.0623. The van der Waals surface area contributed by atoms with Crippen molar-refractivity contribution in [3.63, 3.8) is 0 Å². The zero-order valence-electron chi connectivity index (χ0n) is 16.9. The number of nitrogens with one attached hydrogen (secondary N) is 2. The maximum atomic E-state index is 12.3. The minimum atomic E-state index is -3.87. The van der Waals surface area contributed by atoms with Crippen molar-refractivity contribution in [1.29, 1.82) is 0 Å². The molecule has 166 valence electrons. The second kappa shape index (κ2) is 10.7. The van der Waals surface area contributed by atoms with E-state index in [0.29, 0.717) is 38.7 Å². The average Bonchev–Trinajstić information content (AvgIpc) is 2.74. The van der Waals surface area contributed by atoms with Gasteiger partial charge < -0.3 is 19.9 Å². The van der Waals surface area contributed by atoms with Gasteiger partial charge in [0, 0.05) is 58.4 Å². The van der Waals surface area contributed by atoms with Crippen molar-refractivity contribution in [2.75, 3.05) is 52.9 Å². The van der Waals surface area contributed by atoms with E-state index in [-0.39, 0.29) is 29.8 Å². The maximum Gasteiger partial charge on any atom is 0.409 e. The van der Waals surface area contributed by atoms with E-state index in [1.807, 2.05) is 4.90 Å². The largest absolute Gasteiger partial charge is 0.450 e. The zero-order chi connectivity index (χ0) is 22.1. The molecule has 0 bridgehead atoms. The highest BCUT2D eigenvalue weighted by Crippen LogP contribution is 2.16. The van der Waals surface area contributed by atoms with Gasteiger partial charge >= 0.3 is 6.09 Å². The fourth-order valence-electron chi connectivity index (χ4n) is 2.86. The summed E-state index contributed by atoms with van der Waals surface area (Å²) in [7, 11) is -2.26. The van der Waals surface area contributed by atoms with Gasteiger partial charge in [0.1, 0.15) is 0 Å². The van der Waals surface area contributed by atoms with Crippen LogP contribution in [0.1, 0.15) is 6.92 Å². The minimum Gasteiger partial charge on any atom is -0.450 e. The Morgan fingerprint density at radius 2 is 1.90 bits per heavy atom. The molecule has 13 heteroatoms. The number of carbonyl (C=O) groups excluding carboxylic acids is 1. The number of benzene rings is 1. The van der Waals surface area contributed by atoms with Crippen LogP contribution in [-0.2, 0) is 14.8 Å². The third-order valence-electron chi connectivity index (χ3n) is 4.36.